The molecule has 0 saturated carbocycles. The van der Waals surface area contributed by atoms with Gasteiger partial charge in [-0.3, -0.25) is 4.79 Å². The summed E-state index contributed by atoms with van der Waals surface area (Å²) in [6.07, 6.45) is 1.39. The van der Waals surface area contributed by atoms with Crippen molar-refractivity contribution in [3.05, 3.63) is 0 Å². The molecule has 0 radical (unpaired) electrons. The van der Waals surface area contributed by atoms with E-state index in [9.17, 15) is 9.59 Å². The van der Waals surface area contributed by atoms with Crippen LogP contribution in [-0.2, 0) is 9.59 Å². The molecule has 15 heavy (non-hydrogen) atoms. The number of carboxylic acids is 1. The lowest BCUT2D eigenvalue weighted by molar-refractivity contribution is -0.150. The van der Waals surface area contributed by atoms with Gasteiger partial charge in [0.15, 0.2) is 0 Å². The minimum Gasteiger partial charge on any atom is -0.480 e. The maximum atomic E-state index is 12.0. The monoisotopic (exact) mass is 213 g/mol. The van der Waals surface area contributed by atoms with Crippen LogP contribution in [0.5, 0.6) is 0 Å². The Morgan fingerprint density at radius 3 is 2.40 bits per heavy atom. The third-order valence-corrected chi connectivity index (χ3v) is 3.21. The summed E-state index contributed by atoms with van der Waals surface area (Å²) in [7, 11) is 0. The number of likely N-dealkylation sites (tertiary alicyclic amines) is 1. The molecule has 1 fully saturated rings. The Morgan fingerprint density at radius 1 is 1.33 bits per heavy atom. The first kappa shape index (κ1) is 12.0. The van der Waals surface area contributed by atoms with Crippen LogP contribution in [0.15, 0.2) is 0 Å². The van der Waals surface area contributed by atoms with Crippen LogP contribution in [0.25, 0.3) is 0 Å². The number of carboxylic acid groups (broad SMARTS) is 1. The molecule has 1 saturated heterocycles. The molecule has 0 spiro atoms. The third kappa shape index (κ3) is 2.49. The third-order valence-electron chi connectivity index (χ3n) is 3.21. The largest absolute Gasteiger partial charge is 0.480 e. The molecule has 0 aromatic heterocycles. The van der Waals surface area contributed by atoms with Gasteiger partial charge in [-0.1, -0.05) is 20.8 Å². The van der Waals surface area contributed by atoms with E-state index >= 15 is 0 Å². The summed E-state index contributed by atoms with van der Waals surface area (Å²) in [5.41, 5.74) is 0. The molecule has 1 amide bonds. The standard InChI is InChI=1S/C11H19NO3/c1-7(2)8(3)10(13)12-6-4-5-9(12)11(14)15/h7-9H,4-6H2,1-3H3,(H,14,15)/t8-,9-/m0/s1. The van der Waals surface area contributed by atoms with Crippen LogP contribution >= 0.6 is 0 Å². The minimum atomic E-state index is -0.878. The molecule has 1 heterocycles. The molecule has 2 atom stereocenters. The Labute approximate surface area is 90.3 Å². The molecule has 4 heteroatoms. The first-order chi connectivity index (χ1) is 6.95. The van der Waals surface area contributed by atoms with Gasteiger partial charge in [-0.05, 0) is 18.8 Å². The van der Waals surface area contributed by atoms with Crippen LogP contribution in [0, 0.1) is 11.8 Å². The van der Waals surface area contributed by atoms with Gasteiger partial charge in [0.1, 0.15) is 6.04 Å². The van der Waals surface area contributed by atoms with Crippen molar-refractivity contribution in [2.45, 2.75) is 39.7 Å². The zero-order valence-electron chi connectivity index (χ0n) is 9.56. The molecule has 0 unspecified atom stereocenters. The number of aliphatic carboxylic acids is 1. The van der Waals surface area contributed by atoms with E-state index in [1.165, 1.54) is 4.90 Å². The molecular weight excluding hydrogens is 194 g/mol. The topological polar surface area (TPSA) is 57.6 Å². The van der Waals surface area contributed by atoms with Gasteiger partial charge in [0.05, 0.1) is 0 Å². The van der Waals surface area contributed by atoms with Gasteiger partial charge in [0.25, 0.3) is 0 Å². The van der Waals surface area contributed by atoms with Crippen LogP contribution < -0.4 is 0 Å². The normalized spacial score (nSPS) is 23.2. The summed E-state index contributed by atoms with van der Waals surface area (Å²) in [5.74, 6) is -0.732. The number of hydrogen-bond donors (Lipinski definition) is 1. The van der Waals surface area contributed by atoms with Gasteiger partial charge in [-0.15, -0.1) is 0 Å². The quantitative estimate of drug-likeness (QED) is 0.770. The van der Waals surface area contributed by atoms with Crippen LogP contribution in [0.3, 0.4) is 0 Å². The average molecular weight is 213 g/mol. The summed E-state index contributed by atoms with van der Waals surface area (Å²) >= 11 is 0. The Bertz CT molecular complexity index is 263. The second-order valence-electron chi connectivity index (χ2n) is 4.56. The van der Waals surface area contributed by atoms with E-state index in [0.29, 0.717) is 13.0 Å². The highest BCUT2D eigenvalue weighted by atomic mass is 16.4. The molecular formula is C11H19NO3. The fourth-order valence-electron chi connectivity index (χ4n) is 1.83. The van der Waals surface area contributed by atoms with Crippen molar-refractivity contribution in [1.29, 1.82) is 0 Å². The summed E-state index contributed by atoms with van der Waals surface area (Å²) in [5, 5.41) is 8.96. The fraction of sp³-hybridized carbons (Fsp3) is 0.818. The minimum absolute atomic E-state index is 0.0186. The summed E-state index contributed by atoms with van der Waals surface area (Å²) in [6, 6.07) is -0.598. The summed E-state index contributed by atoms with van der Waals surface area (Å²) in [4.78, 5) is 24.4. The van der Waals surface area contributed by atoms with Crippen molar-refractivity contribution in [1.82, 2.24) is 4.90 Å². The van der Waals surface area contributed by atoms with Crippen LogP contribution in [0.1, 0.15) is 33.6 Å². The zero-order chi connectivity index (χ0) is 11.6. The van der Waals surface area contributed by atoms with E-state index in [1.807, 2.05) is 20.8 Å². The number of hydrogen-bond acceptors (Lipinski definition) is 2. The SMILES string of the molecule is CC(C)[C@H](C)C(=O)N1CCC[C@H]1C(=O)O. The first-order valence-electron chi connectivity index (χ1n) is 5.48. The lowest BCUT2D eigenvalue weighted by Crippen LogP contribution is -2.43. The summed E-state index contributed by atoms with van der Waals surface area (Å²) in [6.45, 7) is 6.42. The average Bonchev–Trinajstić information content (AvgIpc) is 2.63. The highest BCUT2D eigenvalue weighted by Crippen LogP contribution is 2.22. The van der Waals surface area contributed by atoms with E-state index in [-0.39, 0.29) is 17.7 Å². The Morgan fingerprint density at radius 2 is 1.93 bits per heavy atom. The lowest BCUT2D eigenvalue weighted by Gasteiger charge is -2.26. The molecule has 0 aromatic carbocycles. The Kier molecular flexibility index (Phi) is 3.72. The number of rotatable bonds is 3. The Hall–Kier alpha value is -1.06. The second-order valence-corrected chi connectivity index (χ2v) is 4.56. The molecule has 4 nitrogen and oxygen atoms in total. The van der Waals surface area contributed by atoms with E-state index in [2.05, 4.69) is 0 Å². The van der Waals surface area contributed by atoms with Gasteiger partial charge in [0, 0.05) is 12.5 Å². The van der Waals surface area contributed by atoms with E-state index in [1.54, 1.807) is 0 Å². The number of carbonyl (C=O) groups excluding carboxylic acids is 1. The van der Waals surface area contributed by atoms with Crippen molar-refractivity contribution in [2.75, 3.05) is 6.54 Å². The zero-order valence-corrected chi connectivity index (χ0v) is 9.56. The molecule has 1 aliphatic rings. The molecule has 1 aliphatic heterocycles. The van der Waals surface area contributed by atoms with Gasteiger partial charge in [-0.25, -0.2) is 4.79 Å². The Balaban J connectivity index is 2.70. The van der Waals surface area contributed by atoms with Crippen molar-refractivity contribution < 1.29 is 14.7 Å². The smallest absolute Gasteiger partial charge is 0.326 e. The molecule has 0 aliphatic carbocycles. The highest BCUT2D eigenvalue weighted by molar-refractivity contribution is 5.85. The van der Waals surface area contributed by atoms with E-state index in [4.69, 9.17) is 5.11 Å². The maximum Gasteiger partial charge on any atom is 0.326 e. The van der Waals surface area contributed by atoms with Crippen molar-refractivity contribution in [2.24, 2.45) is 11.8 Å². The molecule has 0 aromatic rings. The number of carbonyl (C=O) groups is 2. The van der Waals surface area contributed by atoms with Crippen molar-refractivity contribution in [3.63, 3.8) is 0 Å². The van der Waals surface area contributed by atoms with Crippen molar-refractivity contribution in [3.8, 4) is 0 Å². The van der Waals surface area contributed by atoms with Gasteiger partial charge >= 0.3 is 5.97 Å². The van der Waals surface area contributed by atoms with Crippen LogP contribution in [0.4, 0.5) is 0 Å². The van der Waals surface area contributed by atoms with Crippen molar-refractivity contribution >= 4 is 11.9 Å². The second kappa shape index (κ2) is 4.64. The number of nitrogens with zero attached hydrogens (tertiary/aromatic N) is 1. The first-order valence-corrected chi connectivity index (χ1v) is 5.48. The molecule has 86 valence electrons. The maximum absolute atomic E-state index is 12.0. The van der Waals surface area contributed by atoms with Gasteiger partial charge < -0.3 is 10.0 Å². The lowest BCUT2D eigenvalue weighted by atomic mass is 9.96. The molecule has 1 rings (SSSR count). The summed E-state index contributed by atoms with van der Waals surface area (Å²) < 4.78 is 0. The van der Waals surface area contributed by atoms with Crippen LogP contribution in [-0.4, -0.2) is 34.5 Å². The molecule has 1 N–H and O–H groups in total. The predicted octanol–water partition coefficient (Wildman–Crippen LogP) is 1.35. The fourth-order valence-corrected chi connectivity index (χ4v) is 1.83. The highest BCUT2D eigenvalue weighted by Gasteiger charge is 2.36. The van der Waals surface area contributed by atoms with Gasteiger partial charge in [-0.2, -0.15) is 0 Å². The molecule has 0 bridgehead atoms. The predicted molar refractivity (Wildman–Crippen MR) is 56.4 cm³/mol. The van der Waals surface area contributed by atoms with E-state index < -0.39 is 12.0 Å². The number of amides is 1. The van der Waals surface area contributed by atoms with Crippen LogP contribution in [0.2, 0.25) is 0 Å². The van der Waals surface area contributed by atoms with E-state index in [0.717, 1.165) is 6.42 Å². The van der Waals surface area contributed by atoms with Gasteiger partial charge in [0.2, 0.25) is 5.91 Å².